The highest BCUT2D eigenvalue weighted by molar-refractivity contribution is 6.05. The Morgan fingerprint density at radius 3 is 2.66 bits per heavy atom. The highest BCUT2D eigenvalue weighted by Gasteiger charge is 2.20. The number of amides is 2. The van der Waals surface area contributed by atoms with Gasteiger partial charge in [0.2, 0.25) is 0 Å². The molecule has 0 aliphatic carbocycles. The Balaban J connectivity index is 1.29. The first-order valence-corrected chi connectivity index (χ1v) is 12.5. The van der Waals surface area contributed by atoms with Crippen molar-refractivity contribution in [2.24, 2.45) is 0 Å². The molecule has 0 unspecified atom stereocenters. The number of anilines is 3. The molecular weight excluding hydrogens is 484 g/mol. The monoisotopic (exact) mass is 514 g/mol. The molecule has 1 saturated heterocycles. The van der Waals surface area contributed by atoms with Crippen LogP contribution in [0.2, 0.25) is 0 Å². The molecule has 3 aromatic carbocycles. The van der Waals surface area contributed by atoms with E-state index in [1.807, 2.05) is 42.5 Å². The Kier molecular flexibility index (Phi) is 7.81. The molecule has 0 spiro atoms. The molecule has 0 radical (unpaired) electrons. The third kappa shape index (κ3) is 6.10. The fraction of sp³-hybridized carbons (Fsp3) is 0.250. The van der Waals surface area contributed by atoms with Gasteiger partial charge in [-0.2, -0.15) is 5.10 Å². The van der Waals surface area contributed by atoms with Crippen LogP contribution in [0.3, 0.4) is 0 Å². The number of aromatic nitrogens is 2. The maximum atomic E-state index is 13.2. The summed E-state index contributed by atoms with van der Waals surface area (Å²) in [6.45, 7) is 4.25. The van der Waals surface area contributed by atoms with Crippen LogP contribution < -0.4 is 16.0 Å². The molecular formula is C28H30N6O4. The topological polar surface area (TPSA) is 126 Å². The predicted molar refractivity (Wildman–Crippen MR) is 146 cm³/mol. The molecule has 1 aromatic heterocycles. The van der Waals surface area contributed by atoms with Crippen LogP contribution in [0.4, 0.5) is 21.9 Å². The van der Waals surface area contributed by atoms with Gasteiger partial charge >= 0.3 is 6.09 Å². The van der Waals surface area contributed by atoms with Crippen molar-refractivity contribution in [1.82, 2.24) is 15.1 Å². The van der Waals surface area contributed by atoms with Crippen LogP contribution in [0.5, 0.6) is 0 Å². The molecule has 0 bridgehead atoms. The van der Waals surface area contributed by atoms with Gasteiger partial charge in [-0.25, -0.2) is 4.79 Å². The molecule has 4 aromatic rings. The first-order chi connectivity index (χ1) is 18.6. The van der Waals surface area contributed by atoms with Gasteiger partial charge in [-0.05, 0) is 48.0 Å². The standard InChI is InChI=1S/C28H30N6O4/c29-24-3-1-2-4-26(24)31-27(35)21-7-5-20(6-8-21)19-34(23-9-10-25-22(17-23)18-30-32-25)28(36)38-16-13-33-11-14-37-15-12-33/h1-10,17-18H,11-16,19,29H2,(H,30,32)(H,31,35). The predicted octanol–water partition coefficient (Wildman–Crippen LogP) is 3.87. The van der Waals surface area contributed by atoms with Crippen molar-refractivity contribution in [3.8, 4) is 0 Å². The van der Waals surface area contributed by atoms with Gasteiger partial charge < -0.3 is 20.5 Å². The number of nitrogens with zero attached hydrogens (tertiary/aromatic N) is 3. The summed E-state index contributed by atoms with van der Waals surface area (Å²) in [6, 6.07) is 19.8. The first-order valence-electron chi connectivity index (χ1n) is 12.5. The van der Waals surface area contributed by atoms with Crippen molar-refractivity contribution >= 4 is 40.0 Å². The van der Waals surface area contributed by atoms with Crippen molar-refractivity contribution in [1.29, 1.82) is 0 Å². The van der Waals surface area contributed by atoms with Gasteiger partial charge in [0.1, 0.15) is 6.61 Å². The number of para-hydroxylation sites is 2. The molecule has 10 heteroatoms. The SMILES string of the molecule is Nc1ccccc1NC(=O)c1ccc(CN(C(=O)OCCN2CCOCC2)c2ccc3[nH]ncc3c2)cc1. The number of ether oxygens (including phenoxy) is 2. The van der Waals surface area contributed by atoms with E-state index in [0.29, 0.717) is 42.4 Å². The number of hydrogen-bond donors (Lipinski definition) is 3. The zero-order valence-electron chi connectivity index (χ0n) is 20.9. The molecule has 196 valence electrons. The van der Waals surface area contributed by atoms with Crippen LogP contribution >= 0.6 is 0 Å². The number of nitrogen functional groups attached to an aromatic ring is 1. The van der Waals surface area contributed by atoms with E-state index in [-0.39, 0.29) is 19.1 Å². The lowest BCUT2D eigenvalue weighted by molar-refractivity contribution is 0.0285. The average molecular weight is 515 g/mol. The fourth-order valence-electron chi connectivity index (χ4n) is 4.27. The highest BCUT2D eigenvalue weighted by Crippen LogP contribution is 2.24. The number of fused-ring (bicyclic) bond motifs is 1. The Bertz CT molecular complexity index is 1400. The second kappa shape index (κ2) is 11.8. The molecule has 38 heavy (non-hydrogen) atoms. The van der Waals surface area contributed by atoms with E-state index in [4.69, 9.17) is 15.2 Å². The highest BCUT2D eigenvalue weighted by atomic mass is 16.6. The van der Waals surface area contributed by atoms with Gasteiger partial charge in [0, 0.05) is 36.3 Å². The van der Waals surface area contributed by atoms with E-state index >= 15 is 0 Å². The zero-order chi connectivity index (χ0) is 26.3. The van der Waals surface area contributed by atoms with Crippen molar-refractivity contribution in [3.63, 3.8) is 0 Å². The molecule has 1 fully saturated rings. The molecule has 1 aliphatic heterocycles. The zero-order valence-corrected chi connectivity index (χ0v) is 20.9. The molecule has 2 amide bonds. The second-order valence-corrected chi connectivity index (χ2v) is 9.03. The number of nitrogens with two attached hydrogens (primary N) is 1. The summed E-state index contributed by atoms with van der Waals surface area (Å²) in [4.78, 5) is 29.7. The lowest BCUT2D eigenvalue weighted by Gasteiger charge is -2.27. The maximum Gasteiger partial charge on any atom is 0.414 e. The van der Waals surface area contributed by atoms with Crippen LogP contribution in [0.1, 0.15) is 15.9 Å². The molecule has 10 nitrogen and oxygen atoms in total. The fourth-order valence-corrected chi connectivity index (χ4v) is 4.27. The number of aromatic amines is 1. The van der Waals surface area contributed by atoms with Crippen LogP contribution in [0.25, 0.3) is 10.9 Å². The van der Waals surface area contributed by atoms with E-state index in [0.717, 1.165) is 29.6 Å². The van der Waals surface area contributed by atoms with E-state index in [9.17, 15) is 9.59 Å². The number of rotatable bonds is 8. The summed E-state index contributed by atoms with van der Waals surface area (Å²) >= 11 is 0. The number of carbonyl (C=O) groups excluding carboxylic acids is 2. The van der Waals surface area contributed by atoms with Gasteiger partial charge in [-0.15, -0.1) is 0 Å². The van der Waals surface area contributed by atoms with Crippen molar-refractivity contribution in [2.45, 2.75) is 6.54 Å². The van der Waals surface area contributed by atoms with Crippen LogP contribution in [0.15, 0.2) is 72.9 Å². The Morgan fingerprint density at radius 2 is 1.87 bits per heavy atom. The normalized spacial score (nSPS) is 13.8. The number of H-pyrrole nitrogens is 1. The first kappa shape index (κ1) is 25.2. The average Bonchev–Trinajstić information content (AvgIpc) is 3.42. The molecule has 0 saturated carbocycles. The molecule has 4 N–H and O–H groups in total. The van der Waals surface area contributed by atoms with Crippen LogP contribution in [-0.4, -0.2) is 66.6 Å². The summed E-state index contributed by atoms with van der Waals surface area (Å²) in [5.41, 5.74) is 9.89. The van der Waals surface area contributed by atoms with E-state index < -0.39 is 6.09 Å². The quantitative estimate of drug-likeness (QED) is 0.305. The van der Waals surface area contributed by atoms with E-state index in [1.54, 1.807) is 35.4 Å². The summed E-state index contributed by atoms with van der Waals surface area (Å²) in [5, 5.41) is 10.7. The van der Waals surface area contributed by atoms with Gasteiger partial charge in [0.15, 0.2) is 0 Å². The molecule has 5 rings (SSSR count). The summed E-state index contributed by atoms with van der Waals surface area (Å²) in [5.74, 6) is -0.265. The molecule has 0 atom stereocenters. The second-order valence-electron chi connectivity index (χ2n) is 9.03. The van der Waals surface area contributed by atoms with Crippen molar-refractivity contribution < 1.29 is 19.1 Å². The Labute approximate surface area is 220 Å². The van der Waals surface area contributed by atoms with E-state index in [2.05, 4.69) is 20.4 Å². The minimum atomic E-state index is -0.442. The van der Waals surface area contributed by atoms with Gasteiger partial charge in [0.25, 0.3) is 5.91 Å². The van der Waals surface area contributed by atoms with Gasteiger partial charge in [0.05, 0.1) is 42.8 Å². The Morgan fingerprint density at radius 1 is 1.08 bits per heavy atom. The van der Waals surface area contributed by atoms with Crippen molar-refractivity contribution in [3.05, 3.63) is 84.1 Å². The number of morpholine rings is 1. The minimum absolute atomic E-state index is 0.265. The minimum Gasteiger partial charge on any atom is -0.448 e. The molecule has 1 aliphatic rings. The third-order valence-corrected chi connectivity index (χ3v) is 6.46. The number of hydrogen-bond acceptors (Lipinski definition) is 7. The van der Waals surface area contributed by atoms with Crippen molar-refractivity contribution in [2.75, 3.05) is 55.4 Å². The maximum absolute atomic E-state index is 13.2. The van der Waals surface area contributed by atoms with Gasteiger partial charge in [-0.1, -0.05) is 24.3 Å². The van der Waals surface area contributed by atoms with Crippen LogP contribution in [-0.2, 0) is 16.0 Å². The number of carbonyl (C=O) groups is 2. The number of nitrogens with one attached hydrogen (secondary N) is 2. The summed E-state index contributed by atoms with van der Waals surface area (Å²) in [6.07, 6.45) is 1.27. The largest absolute Gasteiger partial charge is 0.448 e. The number of benzene rings is 3. The van der Waals surface area contributed by atoms with Crippen LogP contribution in [0, 0.1) is 0 Å². The summed E-state index contributed by atoms with van der Waals surface area (Å²) < 4.78 is 11.1. The summed E-state index contributed by atoms with van der Waals surface area (Å²) in [7, 11) is 0. The lowest BCUT2D eigenvalue weighted by Crippen LogP contribution is -2.39. The molecule has 2 heterocycles. The lowest BCUT2D eigenvalue weighted by atomic mass is 10.1. The smallest absolute Gasteiger partial charge is 0.414 e. The van der Waals surface area contributed by atoms with Gasteiger partial charge in [-0.3, -0.25) is 19.7 Å². The third-order valence-electron chi connectivity index (χ3n) is 6.46. The Hall–Kier alpha value is -4.41. The van der Waals surface area contributed by atoms with E-state index in [1.165, 1.54) is 0 Å².